The quantitative estimate of drug-likeness (QED) is 0.192. The van der Waals surface area contributed by atoms with Crippen molar-refractivity contribution in [2.24, 2.45) is 4.99 Å². The first kappa shape index (κ1) is 25.1. The Morgan fingerprint density at radius 2 is 1.90 bits per heavy atom. The Hall–Kier alpha value is -2.14. The van der Waals surface area contributed by atoms with Crippen LogP contribution in [0.15, 0.2) is 46.8 Å². The number of nitrogens with zero attached hydrogens (tertiary/aromatic N) is 2. The Balaban J connectivity index is 0.00000341. The highest BCUT2D eigenvalue weighted by molar-refractivity contribution is 14.0. The van der Waals surface area contributed by atoms with Gasteiger partial charge in [0.2, 0.25) is 5.91 Å². The molecule has 3 N–H and O–H groups in total. The first-order chi connectivity index (χ1) is 14.7. The molecule has 2 heterocycles. The highest BCUT2D eigenvalue weighted by Gasteiger charge is 2.21. The summed E-state index contributed by atoms with van der Waals surface area (Å²) in [6, 6.07) is 11.7. The number of carbonyl (C=O) groups is 2. The Morgan fingerprint density at radius 3 is 2.55 bits per heavy atom. The lowest BCUT2D eigenvalue weighted by atomic mass is 10.2. The second-order valence-corrected chi connectivity index (χ2v) is 7.97. The highest BCUT2D eigenvalue weighted by atomic mass is 127. The highest BCUT2D eigenvalue weighted by Crippen LogP contribution is 2.21. The number of rotatable bonds is 9. The van der Waals surface area contributed by atoms with Gasteiger partial charge < -0.3 is 20.9 Å². The number of nitrogens with one attached hydrogen (secondary N) is 3. The van der Waals surface area contributed by atoms with Crippen LogP contribution < -0.4 is 20.9 Å². The molecule has 0 atom stereocenters. The molecule has 0 radical (unpaired) electrons. The molecule has 9 heteroatoms. The summed E-state index contributed by atoms with van der Waals surface area (Å²) < 4.78 is 0. The van der Waals surface area contributed by atoms with E-state index in [9.17, 15) is 9.59 Å². The molecular weight excluding hydrogens is 525 g/mol. The molecule has 0 unspecified atom stereocenters. The zero-order valence-corrected chi connectivity index (χ0v) is 20.9. The molecule has 1 fully saturated rings. The number of carbonyl (C=O) groups excluding carboxylic acids is 2. The van der Waals surface area contributed by atoms with E-state index in [-0.39, 0.29) is 35.8 Å². The molecule has 0 saturated carbocycles. The van der Waals surface area contributed by atoms with Crippen molar-refractivity contribution in [3.63, 3.8) is 0 Å². The van der Waals surface area contributed by atoms with Gasteiger partial charge in [-0.3, -0.25) is 9.59 Å². The predicted octanol–water partition coefficient (Wildman–Crippen LogP) is 3.37. The molecule has 0 spiro atoms. The molecule has 3 rings (SSSR count). The second kappa shape index (κ2) is 13.3. The van der Waals surface area contributed by atoms with E-state index in [0.29, 0.717) is 26.1 Å². The minimum atomic E-state index is -0.0235. The van der Waals surface area contributed by atoms with Crippen molar-refractivity contribution in [1.82, 2.24) is 16.0 Å². The van der Waals surface area contributed by atoms with Gasteiger partial charge in [0.05, 0.1) is 11.4 Å². The number of halogens is 1. The lowest BCUT2D eigenvalue weighted by molar-refractivity contribution is -0.117. The lowest BCUT2D eigenvalue weighted by Crippen LogP contribution is -2.38. The van der Waals surface area contributed by atoms with E-state index in [1.165, 1.54) is 11.3 Å². The molecule has 31 heavy (non-hydrogen) atoms. The Morgan fingerprint density at radius 1 is 1.13 bits per heavy atom. The summed E-state index contributed by atoms with van der Waals surface area (Å²) in [6.45, 7) is 5.49. The van der Waals surface area contributed by atoms with Crippen molar-refractivity contribution < 1.29 is 9.59 Å². The number of hydrogen-bond acceptors (Lipinski definition) is 4. The van der Waals surface area contributed by atoms with Crippen LogP contribution in [-0.2, 0) is 11.3 Å². The third-order valence-electron chi connectivity index (χ3n) is 4.76. The molecule has 1 aromatic heterocycles. The number of hydrogen-bond donors (Lipinski definition) is 3. The minimum Gasteiger partial charge on any atom is -0.357 e. The van der Waals surface area contributed by atoms with Crippen molar-refractivity contribution in [3.05, 3.63) is 52.2 Å². The van der Waals surface area contributed by atoms with Crippen molar-refractivity contribution in [3.8, 4) is 0 Å². The van der Waals surface area contributed by atoms with Crippen LogP contribution in [0, 0.1) is 0 Å². The van der Waals surface area contributed by atoms with Gasteiger partial charge in [-0.25, -0.2) is 4.99 Å². The van der Waals surface area contributed by atoms with E-state index in [2.05, 4.69) is 20.9 Å². The van der Waals surface area contributed by atoms with Gasteiger partial charge in [0, 0.05) is 38.3 Å². The van der Waals surface area contributed by atoms with E-state index >= 15 is 0 Å². The number of anilines is 1. The molecule has 2 amide bonds. The fourth-order valence-electron chi connectivity index (χ4n) is 3.21. The van der Waals surface area contributed by atoms with Gasteiger partial charge in [0.1, 0.15) is 0 Å². The zero-order chi connectivity index (χ0) is 21.2. The molecule has 168 valence electrons. The summed E-state index contributed by atoms with van der Waals surface area (Å²) in [5.41, 5.74) is 2.05. The summed E-state index contributed by atoms with van der Waals surface area (Å²) >= 11 is 1.44. The van der Waals surface area contributed by atoms with Crippen molar-refractivity contribution in [1.29, 1.82) is 0 Å². The number of benzene rings is 1. The fourth-order valence-corrected chi connectivity index (χ4v) is 3.85. The van der Waals surface area contributed by atoms with Gasteiger partial charge in [-0.2, -0.15) is 0 Å². The SMILES string of the molecule is CCNC(=NCc1ccc(N2CCCC2=O)cc1)NCCCNC(=O)c1cccs1.I. The van der Waals surface area contributed by atoms with Crippen LogP contribution in [0.5, 0.6) is 0 Å². The van der Waals surface area contributed by atoms with Crippen LogP contribution in [0.1, 0.15) is 41.4 Å². The maximum atomic E-state index is 11.9. The predicted molar refractivity (Wildman–Crippen MR) is 138 cm³/mol. The summed E-state index contributed by atoms with van der Waals surface area (Å²) in [5, 5.41) is 11.4. The molecule has 7 nitrogen and oxygen atoms in total. The van der Waals surface area contributed by atoms with Crippen molar-refractivity contribution >= 4 is 58.8 Å². The van der Waals surface area contributed by atoms with E-state index in [1.807, 2.05) is 53.6 Å². The molecular formula is C22H30IN5O2S. The topological polar surface area (TPSA) is 85.8 Å². The smallest absolute Gasteiger partial charge is 0.261 e. The van der Waals surface area contributed by atoms with Gasteiger partial charge in [-0.15, -0.1) is 35.3 Å². The third-order valence-corrected chi connectivity index (χ3v) is 5.63. The standard InChI is InChI=1S/C22H29N5O2S.HI/c1-2-23-22(25-13-5-12-24-21(29)19-6-4-15-30-19)26-16-17-8-10-18(11-9-17)27-14-3-7-20(27)28;/h4,6,8-11,15H,2-3,5,7,12-14,16H2,1H3,(H,24,29)(H2,23,25,26);1H. The Labute approximate surface area is 204 Å². The summed E-state index contributed by atoms with van der Waals surface area (Å²) in [6.07, 6.45) is 2.38. The van der Waals surface area contributed by atoms with E-state index in [1.54, 1.807) is 0 Å². The maximum Gasteiger partial charge on any atom is 0.261 e. The minimum absolute atomic E-state index is 0. The van der Waals surface area contributed by atoms with Crippen LogP contribution in [-0.4, -0.2) is 44.0 Å². The van der Waals surface area contributed by atoms with Crippen molar-refractivity contribution in [2.45, 2.75) is 32.7 Å². The Bertz CT molecular complexity index is 855. The molecule has 1 aromatic carbocycles. The molecule has 1 aliphatic rings. The normalized spacial score (nSPS) is 13.6. The maximum absolute atomic E-state index is 11.9. The van der Waals surface area contributed by atoms with Crippen LogP contribution in [0.25, 0.3) is 0 Å². The molecule has 0 aliphatic carbocycles. The first-order valence-electron chi connectivity index (χ1n) is 10.4. The lowest BCUT2D eigenvalue weighted by Gasteiger charge is -2.16. The number of aliphatic imine (C=N–C) groups is 1. The van der Waals surface area contributed by atoms with Crippen LogP contribution in [0.3, 0.4) is 0 Å². The van der Waals surface area contributed by atoms with Crippen LogP contribution in [0.4, 0.5) is 5.69 Å². The van der Waals surface area contributed by atoms with Gasteiger partial charge in [-0.1, -0.05) is 18.2 Å². The second-order valence-electron chi connectivity index (χ2n) is 7.02. The number of guanidine groups is 1. The van der Waals surface area contributed by atoms with E-state index in [4.69, 9.17) is 0 Å². The average molecular weight is 555 g/mol. The van der Waals surface area contributed by atoms with E-state index < -0.39 is 0 Å². The summed E-state index contributed by atoms with van der Waals surface area (Å²) in [5.74, 6) is 0.927. The van der Waals surface area contributed by atoms with Crippen molar-refractivity contribution in [2.75, 3.05) is 31.1 Å². The average Bonchev–Trinajstić information content (AvgIpc) is 3.44. The van der Waals surface area contributed by atoms with Gasteiger partial charge in [0.15, 0.2) is 5.96 Å². The molecule has 2 aromatic rings. The first-order valence-corrected chi connectivity index (χ1v) is 11.3. The van der Waals surface area contributed by atoms with Gasteiger partial charge >= 0.3 is 0 Å². The van der Waals surface area contributed by atoms with Gasteiger partial charge in [-0.05, 0) is 48.9 Å². The molecule has 0 bridgehead atoms. The monoisotopic (exact) mass is 555 g/mol. The van der Waals surface area contributed by atoms with E-state index in [0.717, 1.165) is 48.0 Å². The number of amides is 2. The summed E-state index contributed by atoms with van der Waals surface area (Å²) in [4.78, 5) is 31.0. The van der Waals surface area contributed by atoms with Gasteiger partial charge in [0.25, 0.3) is 5.91 Å². The number of thiophene rings is 1. The zero-order valence-electron chi connectivity index (χ0n) is 17.7. The molecule has 1 aliphatic heterocycles. The fraction of sp³-hybridized carbons (Fsp3) is 0.409. The van der Waals surface area contributed by atoms with Crippen LogP contribution >= 0.6 is 35.3 Å². The molecule has 1 saturated heterocycles. The third kappa shape index (κ3) is 7.80. The Kier molecular flexibility index (Phi) is 10.8. The van der Waals surface area contributed by atoms with Crippen LogP contribution in [0.2, 0.25) is 0 Å². The largest absolute Gasteiger partial charge is 0.357 e. The summed E-state index contributed by atoms with van der Waals surface area (Å²) in [7, 11) is 0.